The number of hydrogen-bond acceptors (Lipinski definition) is 5. The number of rotatable bonds is 7. The summed E-state index contributed by atoms with van der Waals surface area (Å²) in [6.45, 7) is 2.76. The van der Waals surface area contributed by atoms with Gasteiger partial charge in [-0.25, -0.2) is 8.78 Å². The average Bonchev–Trinajstić information content (AvgIpc) is 3.09. The third-order valence-electron chi connectivity index (χ3n) is 4.75. The second kappa shape index (κ2) is 9.66. The topological polar surface area (TPSA) is 85.7 Å². The Bertz CT molecular complexity index is 918. The van der Waals surface area contributed by atoms with Crippen molar-refractivity contribution in [1.82, 2.24) is 20.0 Å². The molecule has 2 aromatic rings. The van der Waals surface area contributed by atoms with Crippen molar-refractivity contribution >= 4 is 11.8 Å². The van der Waals surface area contributed by atoms with Crippen molar-refractivity contribution in [2.45, 2.75) is 19.4 Å². The monoisotopic (exact) mass is 422 g/mol. The fourth-order valence-electron chi connectivity index (χ4n) is 3.13. The molecule has 1 fully saturated rings. The second-order valence-corrected chi connectivity index (χ2v) is 6.97. The SMILES string of the molecule is CC(=O)NCC(=O)N1CCO[C@@H](c2cc(CCOc3ccc(F)c(F)c3)n(C)n2)C1. The minimum Gasteiger partial charge on any atom is -0.493 e. The van der Waals surface area contributed by atoms with E-state index in [9.17, 15) is 18.4 Å². The number of hydrogen-bond donors (Lipinski definition) is 1. The molecule has 0 aliphatic carbocycles. The van der Waals surface area contributed by atoms with Crippen LogP contribution in [0, 0.1) is 11.6 Å². The molecule has 1 saturated heterocycles. The third kappa shape index (κ3) is 5.53. The molecule has 0 saturated carbocycles. The van der Waals surface area contributed by atoms with Gasteiger partial charge in [0.1, 0.15) is 11.9 Å². The molecule has 1 aliphatic heterocycles. The van der Waals surface area contributed by atoms with Crippen molar-refractivity contribution in [1.29, 1.82) is 0 Å². The van der Waals surface area contributed by atoms with Gasteiger partial charge in [0.15, 0.2) is 11.6 Å². The Labute approximate surface area is 172 Å². The zero-order valence-corrected chi connectivity index (χ0v) is 16.9. The van der Waals surface area contributed by atoms with Crippen LogP contribution < -0.4 is 10.1 Å². The van der Waals surface area contributed by atoms with Gasteiger partial charge in [-0.1, -0.05) is 0 Å². The summed E-state index contributed by atoms with van der Waals surface area (Å²) < 4.78 is 39.2. The van der Waals surface area contributed by atoms with Crippen LogP contribution >= 0.6 is 0 Å². The van der Waals surface area contributed by atoms with Crippen molar-refractivity contribution in [3.63, 3.8) is 0 Å². The summed E-state index contributed by atoms with van der Waals surface area (Å²) in [6, 6.07) is 5.27. The predicted octanol–water partition coefficient (Wildman–Crippen LogP) is 1.36. The number of ether oxygens (including phenoxy) is 2. The Hall–Kier alpha value is -3.01. The summed E-state index contributed by atoms with van der Waals surface area (Å²) in [5, 5.41) is 6.98. The van der Waals surface area contributed by atoms with E-state index in [1.54, 1.807) is 16.6 Å². The van der Waals surface area contributed by atoms with E-state index in [0.29, 0.717) is 31.8 Å². The number of benzene rings is 1. The highest BCUT2D eigenvalue weighted by molar-refractivity contribution is 5.83. The van der Waals surface area contributed by atoms with Gasteiger partial charge in [0, 0.05) is 38.7 Å². The quantitative estimate of drug-likeness (QED) is 0.728. The van der Waals surface area contributed by atoms with Crippen LogP contribution in [-0.4, -0.2) is 59.3 Å². The van der Waals surface area contributed by atoms with Crippen LogP contribution in [0.15, 0.2) is 24.3 Å². The minimum atomic E-state index is -0.956. The number of aromatic nitrogens is 2. The molecule has 30 heavy (non-hydrogen) atoms. The molecule has 3 rings (SSSR count). The third-order valence-corrected chi connectivity index (χ3v) is 4.75. The van der Waals surface area contributed by atoms with Crippen LogP contribution in [0.3, 0.4) is 0 Å². The molecule has 8 nitrogen and oxygen atoms in total. The number of carbonyl (C=O) groups excluding carboxylic acids is 2. The van der Waals surface area contributed by atoms with Gasteiger partial charge in [-0.2, -0.15) is 5.10 Å². The van der Waals surface area contributed by atoms with Gasteiger partial charge >= 0.3 is 0 Å². The van der Waals surface area contributed by atoms with Gasteiger partial charge in [-0.05, 0) is 18.2 Å². The predicted molar refractivity (Wildman–Crippen MR) is 103 cm³/mol. The van der Waals surface area contributed by atoms with E-state index in [1.165, 1.54) is 13.0 Å². The summed E-state index contributed by atoms with van der Waals surface area (Å²) in [6.07, 6.45) is 0.132. The van der Waals surface area contributed by atoms with E-state index >= 15 is 0 Å². The standard InChI is InChI=1S/C20H24F2N4O4/c1-13(27)23-11-20(28)26-6-8-30-19(12-26)18-9-14(25(2)24-18)5-7-29-15-3-4-16(21)17(22)10-15/h3-4,9-10,19H,5-8,11-12H2,1-2H3,(H,23,27)/t19-/m1/s1. The first-order valence-electron chi connectivity index (χ1n) is 9.58. The lowest BCUT2D eigenvalue weighted by Gasteiger charge is -2.32. The highest BCUT2D eigenvalue weighted by Crippen LogP contribution is 2.22. The maximum atomic E-state index is 13.2. The molecule has 2 heterocycles. The van der Waals surface area contributed by atoms with Crippen LogP contribution in [0.1, 0.15) is 24.4 Å². The van der Waals surface area contributed by atoms with Crippen LogP contribution in [0.2, 0.25) is 0 Å². The Morgan fingerprint density at radius 2 is 2.10 bits per heavy atom. The molecular weight excluding hydrogens is 398 g/mol. The van der Waals surface area contributed by atoms with Gasteiger partial charge in [0.05, 0.1) is 32.0 Å². The van der Waals surface area contributed by atoms with Crippen LogP contribution in [-0.2, 0) is 27.8 Å². The molecule has 1 aromatic heterocycles. The molecular formula is C20H24F2N4O4. The Morgan fingerprint density at radius 3 is 2.83 bits per heavy atom. The molecule has 0 bridgehead atoms. The Balaban J connectivity index is 1.56. The molecule has 1 atom stereocenters. The molecule has 162 valence electrons. The van der Waals surface area contributed by atoms with Crippen LogP contribution in [0.25, 0.3) is 0 Å². The highest BCUT2D eigenvalue weighted by Gasteiger charge is 2.27. The van der Waals surface area contributed by atoms with E-state index in [4.69, 9.17) is 9.47 Å². The molecule has 1 aliphatic rings. The second-order valence-electron chi connectivity index (χ2n) is 6.97. The maximum absolute atomic E-state index is 13.2. The normalized spacial score (nSPS) is 16.4. The van der Waals surface area contributed by atoms with Crippen molar-refractivity contribution in [3.05, 3.63) is 47.3 Å². The van der Waals surface area contributed by atoms with E-state index in [2.05, 4.69) is 10.4 Å². The lowest BCUT2D eigenvalue weighted by molar-refractivity contribution is -0.139. The van der Waals surface area contributed by atoms with Crippen molar-refractivity contribution < 1.29 is 27.8 Å². The molecule has 10 heteroatoms. The Morgan fingerprint density at radius 1 is 1.30 bits per heavy atom. The van der Waals surface area contributed by atoms with Gasteiger partial charge in [0.2, 0.25) is 11.8 Å². The number of carbonyl (C=O) groups is 2. The summed E-state index contributed by atoms with van der Waals surface area (Å²) in [5.74, 6) is -2.05. The fraction of sp³-hybridized carbons (Fsp3) is 0.450. The molecule has 2 amide bonds. The van der Waals surface area contributed by atoms with Gasteiger partial charge < -0.3 is 19.7 Å². The maximum Gasteiger partial charge on any atom is 0.242 e. The van der Waals surface area contributed by atoms with E-state index in [-0.39, 0.29) is 36.8 Å². The summed E-state index contributed by atoms with van der Waals surface area (Å²) >= 11 is 0. The molecule has 1 N–H and O–H groups in total. The molecule has 0 spiro atoms. The van der Waals surface area contributed by atoms with E-state index in [1.807, 2.05) is 6.07 Å². The first kappa shape index (κ1) is 21.7. The van der Waals surface area contributed by atoms with Crippen molar-refractivity contribution in [2.75, 3.05) is 32.8 Å². The smallest absolute Gasteiger partial charge is 0.242 e. The fourth-order valence-corrected chi connectivity index (χ4v) is 3.13. The largest absolute Gasteiger partial charge is 0.493 e. The lowest BCUT2D eigenvalue weighted by atomic mass is 10.2. The van der Waals surface area contributed by atoms with E-state index in [0.717, 1.165) is 17.8 Å². The number of nitrogens with zero attached hydrogens (tertiary/aromatic N) is 3. The minimum absolute atomic E-state index is 0.0448. The summed E-state index contributed by atoms with van der Waals surface area (Å²) in [7, 11) is 1.79. The number of halogens is 2. The summed E-state index contributed by atoms with van der Waals surface area (Å²) in [4.78, 5) is 24.9. The van der Waals surface area contributed by atoms with Crippen LogP contribution in [0.4, 0.5) is 8.78 Å². The van der Waals surface area contributed by atoms with E-state index < -0.39 is 11.6 Å². The van der Waals surface area contributed by atoms with Crippen LogP contribution in [0.5, 0.6) is 5.75 Å². The molecule has 1 aromatic carbocycles. The van der Waals surface area contributed by atoms with Gasteiger partial charge in [0.25, 0.3) is 0 Å². The number of amides is 2. The number of aryl methyl sites for hydroxylation is 1. The van der Waals surface area contributed by atoms with Gasteiger partial charge in [-0.3, -0.25) is 14.3 Å². The molecule has 0 unspecified atom stereocenters. The molecule has 0 radical (unpaired) electrons. The average molecular weight is 422 g/mol. The number of nitrogens with one attached hydrogen (secondary N) is 1. The zero-order chi connectivity index (χ0) is 21.7. The number of morpholine rings is 1. The van der Waals surface area contributed by atoms with Crippen molar-refractivity contribution in [3.8, 4) is 5.75 Å². The van der Waals surface area contributed by atoms with Gasteiger partial charge in [-0.15, -0.1) is 0 Å². The lowest BCUT2D eigenvalue weighted by Crippen LogP contribution is -2.46. The van der Waals surface area contributed by atoms with Crippen molar-refractivity contribution in [2.24, 2.45) is 7.05 Å². The zero-order valence-electron chi connectivity index (χ0n) is 16.9. The first-order valence-corrected chi connectivity index (χ1v) is 9.58. The highest BCUT2D eigenvalue weighted by atomic mass is 19.2. The Kier molecular flexibility index (Phi) is 6.99. The first-order chi connectivity index (χ1) is 14.3. The summed E-state index contributed by atoms with van der Waals surface area (Å²) in [5.41, 5.74) is 1.57.